The van der Waals surface area contributed by atoms with E-state index in [2.05, 4.69) is 72.1 Å². The van der Waals surface area contributed by atoms with Crippen LogP contribution in [0.15, 0.2) is 72.1 Å². The molecule has 4 aromatic rings. The van der Waals surface area contributed by atoms with E-state index in [1.807, 2.05) is 11.3 Å². The Labute approximate surface area is 144 Å². The summed E-state index contributed by atoms with van der Waals surface area (Å²) in [6.45, 7) is 0. The van der Waals surface area contributed by atoms with Gasteiger partial charge in [-0.2, -0.15) is 0 Å². The third-order valence-corrected chi connectivity index (χ3v) is 11.4. The van der Waals surface area contributed by atoms with Crippen molar-refractivity contribution < 1.29 is 0 Å². The molecule has 0 spiro atoms. The van der Waals surface area contributed by atoms with E-state index >= 15 is 0 Å². The van der Waals surface area contributed by atoms with E-state index in [0.717, 1.165) is 0 Å². The average molecular weight is 467 g/mol. The number of thiophene rings is 1. The van der Waals surface area contributed by atoms with Gasteiger partial charge in [-0.25, -0.2) is 0 Å². The minimum atomic E-state index is -0.311. The zero-order chi connectivity index (χ0) is 14.1. The Morgan fingerprint density at radius 2 is 1.52 bits per heavy atom. The molecule has 0 aliphatic rings. The molecule has 3 heteroatoms. The van der Waals surface area contributed by atoms with Gasteiger partial charge in [0.2, 0.25) is 0 Å². The quantitative estimate of drug-likeness (QED) is 0.407. The summed E-state index contributed by atoms with van der Waals surface area (Å²) in [5.74, 6) is 0. The van der Waals surface area contributed by atoms with Crippen LogP contribution in [0.3, 0.4) is 0 Å². The van der Waals surface area contributed by atoms with Gasteiger partial charge < -0.3 is 0 Å². The van der Waals surface area contributed by atoms with Crippen molar-refractivity contribution in [2.24, 2.45) is 0 Å². The first-order chi connectivity index (χ1) is 10.4. The molecule has 0 aliphatic heterocycles. The van der Waals surface area contributed by atoms with Crippen LogP contribution in [0, 0.1) is 0 Å². The number of hydrogen-bond donors (Lipinski definition) is 0. The zero-order valence-corrected chi connectivity index (χ0v) is 16.0. The van der Waals surface area contributed by atoms with Gasteiger partial charge in [-0.05, 0) is 0 Å². The van der Waals surface area contributed by atoms with E-state index in [-0.39, 0.29) is 20.9 Å². The van der Waals surface area contributed by atoms with Crippen molar-refractivity contribution in [3.05, 3.63) is 72.1 Å². The molecule has 0 fully saturated rings. The summed E-state index contributed by atoms with van der Waals surface area (Å²) in [7, 11) is 0. The number of rotatable bonds is 3. The van der Waals surface area contributed by atoms with Crippen LogP contribution in [0.5, 0.6) is 0 Å². The van der Waals surface area contributed by atoms with Crippen molar-refractivity contribution in [3.8, 4) is 10.0 Å². The Hall–Kier alpha value is -0.811. The second-order valence-corrected chi connectivity index (χ2v) is 11.4. The van der Waals surface area contributed by atoms with Crippen molar-refractivity contribution in [2.45, 2.75) is 0 Å². The van der Waals surface area contributed by atoms with Gasteiger partial charge in [-0.1, -0.05) is 0 Å². The monoisotopic (exact) mass is 470 g/mol. The van der Waals surface area contributed by atoms with Crippen LogP contribution in [0.1, 0.15) is 0 Å². The number of fused-ring (bicyclic) bond motifs is 1. The zero-order valence-electron chi connectivity index (χ0n) is 11.2. The standard InChI is InChI=1S/C18H12SSeTe/c1-3-7-13(8-4-1)16-17(15-11-12-19-18(15)20-16)21-14-9-5-2-6-10-14/h1-12H. The molecule has 0 unspecified atom stereocenters. The third-order valence-electron chi connectivity index (χ3n) is 3.27. The van der Waals surface area contributed by atoms with Crippen LogP contribution >= 0.6 is 11.3 Å². The molecule has 4 rings (SSSR count). The van der Waals surface area contributed by atoms with Crippen molar-refractivity contribution in [2.75, 3.05) is 0 Å². The molecule has 0 aliphatic carbocycles. The first-order valence-electron chi connectivity index (χ1n) is 6.70. The van der Waals surface area contributed by atoms with Crippen LogP contribution in [-0.2, 0) is 0 Å². The van der Waals surface area contributed by atoms with E-state index in [9.17, 15) is 0 Å². The van der Waals surface area contributed by atoms with Crippen LogP contribution < -0.4 is 7.22 Å². The molecule has 0 atom stereocenters. The van der Waals surface area contributed by atoms with E-state index < -0.39 is 0 Å². The van der Waals surface area contributed by atoms with Crippen molar-refractivity contribution in [1.29, 1.82) is 0 Å². The molecule has 21 heavy (non-hydrogen) atoms. The Morgan fingerprint density at radius 3 is 2.29 bits per heavy atom. The first-order valence-corrected chi connectivity index (χ1v) is 11.6. The van der Waals surface area contributed by atoms with E-state index in [1.54, 1.807) is 17.0 Å². The first kappa shape index (κ1) is 13.8. The maximum atomic E-state index is 2.33. The Balaban J connectivity index is 1.87. The minimum absolute atomic E-state index is 0.311. The molecule has 2 heterocycles. The van der Waals surface area contributed by atoms with Gasteiger partial charge in [0.15, 0.2) is 0 Å². The molecule has 0 radical (unpaired) electrons. The summed E-state index contributed by atoms with van der Waals surface area (Å²) >= 11 is 2.11. The topological polar surface area (TPSA) is 0 Å². The molecule has 0 saturated heterocycles. The van der Waals surface area contributed by atoms with Crippen molar-refractivity contribution >= 4 is 62.9 Å². The SMILES string of the molecule is c1ccc([Te]c2c(-c3ccccc3)[se]c3sccc23)cc1. The number of hydrogen-bond acceptors (Lipinski definition) is 1. The van der Waals surface area contributed by atoms with E-state index in [4.69, 9.17) is 0 Å². The maximum absolute atomic E-state index is 2.33. The van der Waals surface area contributed by atoms with Gasteiger partial charge in [0.1, 0.15) is 0 Å². The molecule has 0 bridgehead atoms. The fourth-order valence-electron chi connectivity index (χ4n) is 2.29. The van der Waals surface area contributed by atoms with E-state index in [1.165, 1.54) is 9.17 Å². The molecular weight excluding hydrogens is 455 g/mol. The molecule has 2 aromatic carbocycles. The molecule has 0 nitrogen and oxygen atoms in total. The van der Waals surface area contributed by atoms with Crippen molar-refractivity contribution in [3.63, 3.8) is 0 Å². The normalized spacial score (nSPS) is 11.0. The third kappa shape index (κ3) is 2.78. The second kappa shape index (κ2) is 6.13. The average Bonchev–Trinajstić information content (AvgIpc) is 3.12. The fraction of sp³-hybridized carbons (Fsp3) is 0. The summed E-state index contributed by atoms with van der Waals surface area (Å²) in [6.07, 6.45) is 0. The Bertz CT molecular complexity index is 862. The van der Waals surface area contributed by atoms with Gasteiger partial charge in [-0.15, -0.1) is 0 Å². The summed E-state index contributed by atoms with van der Waals surface area (Å²) < 4.78 is 6.42. The fourth-order valence-corrected chi connectivity index (χ4v) is 10.8. The number of benzene rings is 2. The Morgan fingerprint density at radius 1 is 0.810 bits per heavy atom. The Kier molecular flexibility index (Phi) is 4.03. The van der Waals surface area contributed by atoms with Gasteiger partial charge in [0.05, 0.1) is 0 Å². The second-order valence-electron chi connectivity index (χ2n) is 4.66. The van der Waals surface area contributed by atoms with Crippen LogP contribution in [-0.4, -0.2) is 35.4 Å². The van der Waals surface area contributed by atoms with Crippen molar-refractivity contribution in [1.82, 2.24) is 0 Å². The molecule has 2 aromatic heterocycles. The summed E-state index contributed by atoms with van der Waals surface area (Å²) in [5, 5.41) is 3.80. The van der Waals surface area contributed by atoms with Crippen LogP contribution in [0.25, 0.3) is 19.0 Å². The van der Waals surface area contributed by atoms with Gasteiger partial charge in [-0.3, -0.25) is 0 Å². The predicted octanol–water partition coefficient (Wildman–Crippen LogP) is 3.28. The van der Waals surface area contributed by atoms with Crippen LogP contribution in [0.4, 0.5) is 0 Å². The predicted molar refractivity (Wildman–Crippen MR) is 95.7 cm³/mol. The van der Waals surface area contributed by atoms with Gasteiger partial charge in [0.25, 0.3) is 0 Å². The summed E-state index contributed by atoms with van der Waals surface area (Å²) in [4.78, 5) is 0. The van der Waals surface area contributed by atoms with Gasteiger partial charge in [0, 0.05) is 0 Å². The molecule has 0 saturated carbocycles. The molecule has 0 amide bonds. The van der Waals surface area contributed by atoms with E-state index in [0.29, 0.717) is 14.5 Å². The summed E-state index contributed by atoms with van der Waals surface area (Å²) in [6, 6.07) is 24.3. The molecule has 0 N–H and O–H groups in total. The summed E-state index contributed by atoms with van der Waals surface area (Å²) in [5.41, 5.74) is 1.43. The van der Waals surface area contributed by atoms with Crippen LogP contribution in [0.2, 0.25) is 0 Å². The molecule has 102 valence electrons. The van der Waals surface area contributed by atoms with Gasteiger partial charge >= 0.3 is 145 Å². The molecular formula is C18H12SSeTe.